The van der Waals surface area contributed by atoms with Crippen LogP contribution >= 0.6 is 0 Å². The number of carboxylic acids is 1. The molecular formula is C9H17NO5S. The highest BCUT2D eigenvalue weighted by atomic mass is 32.2. The lowest BCUT2D eigenvalue weighted by molar-refractivity contribution is -0.144. The highest BCUT2D eigenvalue weighted by Crippen LogP contribution is 2.13. The summed E-state index contributed by atoms with van der Waals surface area (Å²) >= 11 is 0. The normalized spacial score (nSPS) is 26.6. The number of nitrogens with one attached hydrogen (secondary N) is 1. The van der Waals surface area contributed by atoms with Gasteiger partial charge in [0.1, 0.15) is 9.84 Å². The van der Waals surface area contributed by atoms with E-state index < -0.39 is 21.7 Å². The Kier molecular flexibility index (Phi) is 4.69. The van der Waals surface area contributed by atoms with Crippen molar-refractivity contribution in [2.24, 2.45) is 5.92 Å². The molecule has 0 bridgehead atoms. The van der Waals surface area contributed by atoms with Crippen LogP contribution in [0.4, 0.5) is 0 Å². The molecule has 1 saturated heterocycles. The van der Waals surface area contributed by atoms with E-state index in [4.69, 9.17) is 9.84 Å². The molecule has 2 atom stereocenters. The van der Waals surface area contributed by atoms with Crippen LogP contribution in [0.25, 0.3) is 0 Å². The Morgan fingerprint density at radius 1 is 1.50 bits per heavy atom. The number of piperidine rings is 1. The maximum atomic E-state index is 10.9. The smallest absolute Gasteiger partial charge is 0.307 e. The minimum atomic E-state index is -3.02. The quantitative estimate of drug-likeness (QED) is 0.658. The second kappa shape index (κ2) is 5.60. The highest BCUT2D eigenvalue weighted by Gasteiger charge is 2.27. The minimum absolute atomic E-state index is 0.0265. The topological polar surface area (TPSA) is 92.7 Å². The third-order valence-electron chi connectivity index (χ3n) is 2.47. The fourth-order valence-corrected chi connectivity index (χ4v) is 1.98. The van der Waals surface area contributed by atoms with Crippen LogP contribution in [0, 0.1) is 5.92 Å². The van der Waals surface area contributed by atoms with Crippen molar-refractivity contribution >= 4 is 15.8 Å². The van der Waals surface area contributed by atoms with Crippen LogP contribution in [0.15, 0.2) is 0 Å². The van der Waals surface area contributed by atoms with E-state index in [1.54, 1.807) is 0 Å². The van der Waals surface area contributed by atoms with Crippen molar-refractivity contribution < 1.29 is 23.1 Å². The fraction of sp³-hybridized carbons (Fsp3) is 0.889. The van der Waals surface area contributed by atoms with Gasteiger partial charge in [-0.2, -0.15) is 0 Å². The minimum Gasteiger partial charge on any atom is -0.481 e. The molecule has 0 saturated carbocycles. The Bertz CT molecular complexity index is 340. The molecule has 0 aromatic heterocycles. The number of hydrogen-bond acceptors (Lipinski definition) is 5. The summed E-state index contributed by atoms with van der Waals surface area (Å²) in [5.74, 6) is -1.32. The summed E-state index contributed by atoms with van der Waals surface area (Å²) in [5.41, 5.74) is 0. The molecule has 1 rings (SSSR count). The van der Waals surface area contributed by atoms with Gasteiger partial charge in [0.05, 0.1) is 24.4 Å². The number of carbonyl (C=O) groups is 1. The SMILES string of the molecule is CS(=O)(=O)CCOC1CNCC(C(=O)O)C1. The van der Waals surface area contributed by atoms with E-state index in [2.05, 4.69) is 5.32 Å². The lowest BCUT2D eigenvalue weighted by atomic mass is 9.98. The van der Waals surface area contributed by atoms with Gasteiger partial charge >= 0.3 is 5.97 Å². The number of aliphatic carboxylic acids is 1. The van der Waals surface area contributed by atoms with Gasteiger partial charge in [0.25, 0.3) is 0 Å². The Hall–Kier alpha value is -0.660. The fourth-order valence-electron chi connectivity index (χ4n) is 1.58. The number of sulfone groups is 1. The number of ether oxygens (including phenoxy) is 1. The van der Waals surface area contributed by atoms with E-state index in [-0.39, 0.29) is 18.5 Å². The van der Waals surface area contributed by atoms with E-state index in [0.29, 0.717) is 19.5 Å². The maximum Gasteiger partial charge on any atom is 0.307 e. The van der Waals surface area contributed by atoms with E-state index in [0.717, 1.165) is 6.26 Å². The van der Waals surface area contributed by atoms with Gasteiger partial charge in [0.2, 0.25) is 0 Å². The van der Waals surface area contributed by atoms with Gasteiger partial charge in [-0.05, 0) is 6.42 Å². The van der Waals surface area contributed by atoms with Crippen molar-refractivity contribution in [3.8, 4) is 0 Å². The van der Waals surface area contributed by atoms with E-state index in [1.165, 1.54) is 0 Å². The predicted octanol–water partition coefficient (Wildman–Crippen LogP) is -0.890. The molecular weight excluding hydrogens is 234 g/mol. The average Bonchev–Trinajstić information content (AvgIpc) is 2.16. The van der Waals surface area contributed by atoms with Crippen LogP contribution in [0.3, 0.4) is 0 Å². The van der Waals surface area contributed by atoms with Crippen LogP contribution in [-0.4, -0.2) is 57.3 Å². The molecule has 0 radical (unpaired) electrons. The second-order valence-corrected chi connectivity index (χ2v) is 6.31. The average molecular weight is 251 g/mol. The summed E-state index contributed by atoms with van der Waals surface area (Å²) < 4.78 is 27.0. The first kappa shape index (κ1) is 13.4. The van der Waals surface area contributed by atoms with Crippen molar-refractivity contribution in [1.82, 2.24) is 5.32 Å². The lowest BCUT2D eigenvalue weighted by Gasteiger charge is -2.27. The van der Waals surface area contributed by atoms with Gasteiger partial charge in [-0.1, -0.05) is 0 Å². The Balaban J connectivity index is 2.30. The van der Waals surface area contributed by atoms with Crippen molar-refractivity contribution in [2.45, 2.75) is 12.5 Å². The molecule has 0 aromatic rings. The molecule has 6 nitrogen and oxygen atoms in total. The zero-order valence-electron chi connectivity index (χ0n) is 9.18. The highest BCUT2D eigenvalue weighted by molar-refractivity contribution is 7.90. The Morgan fingerprint density at radius 2 is 2.19 bits per heavy atom. The molecule has 94 valence electrons. The van der Waals surface area contributed by atoms with Crippen LogP contribution in [-0.2, 0) is 19.4 Å². The van der Waals surface area contributed by atoms with Crippen molar-refractivity contribution in [2.75, 3.05) is 31.7 Å². The zero-order chi connectivity index (χ0) is 12.2. The van der Waals surface area contributed by atoms with Crippen molar-refractivity contribution in [3.05, 3.63) is 0 Å². The number of hydrogen-bond donors (Lipinski definition) is 2. The van der Waals surface area contributed by atoms with Gasteiger partial charge in [0.15, 0.2) is 0 Å². The van der Waals surface area contributed by atoms with Gasteiger partial charge < -0.3 is 15.2 Å². The zero-order valence-corrected chi connectivity index (χ0v) is 10.00. The second-order valence-electron chi connectivity index (χ2n) is 4.05. The van der Waals surface area contributed by atoms with Crippen molar-refractivity contribution in [3.63, 3.8) is 0 Å². The lowest BCUT2D eigenvalue weighted by Crippen LogP contribution is -2.44. The first-order valence-corrected chi connectivity index (χ1v) is 7.17. The van der Waals surface area contributed by atoms with Crippen LogP contribution in [0.2, 0.25) is 0 Å². The largest absolute Gasteiger partial charge is 0.481 e. The number of rotatable bonds is 5. The molecule has 0 spiro atoms. The predicted molar refractivity (Wildman–Crippen MR) is 58.1 cm³/mol. The van der Waals surface area contributed by atoms with Crippen LogP contribution in [0.5, 0.6) is 0 Å². The third-order valence-corrected chi connectivity index (χ3v) is 3.38. The summed E-state index contributed by atoms with van der Waals surface area (Å²) in [7, 11) is -3.02. The summed E-state index contributed by atoms with van der Waals surface area (Å²) in [5, 5.41) is 11.8. The van der Waals surface area contributed by atoms with Gasteiger partial charge in [-0.15, -0.1) is 0 Å². The summed E-state index contributed by atoms with van der Waals surface area (Å²) in [6.07, 6.45) is 1.37. The molecule has 1 aliphatic heterocycles. The summed E-state index contributed by atoms with van der Waals surface area (Å²) in [6.45, 7) is 1.15. The van der Waals surface area contributed by atoms with Crippen LogP contribution < -0.4 is 5.32 Å². The molecule has 1 aliphatic rings. The standard InChI is InChI=1S/C9H17NO5S/c1-16(13,14)3-2-15-8-4-7(9(11)12)5-10-6-8/h7-8,10H,2-6H2,1H3,(H,11,12). The monoisotopic (exact) mass is 251 g/mol. The first-order valence-electron chi connectivity index (χ1n) is 5.11. The third kappa shape index (κ3) is 4.91. The Morgan fingerprint density at radius 3 is 2.75 bits per heavy atom. The molecule has 1 heterocycles. The maximum absolute atomic E-state index is 10.9. The molecule has 0 amide bonds. The van der Waals surface area contributed by atoms with Crippen LogP contribution in [0.1, 0.15) is 6.42 Å². The van der Waals surface area contributed by atoms with Gasteiger partial charge in [-0.3, -0.25) is 4.79 Å². The molecule has 7 heteroatoms. The summed E-state index contributed by atoms with van der Waals surface area (Å²) in [4.78, 5) is 10.7. The van der Waals surface area contributed by atoms with E-state index >= 15 is 0 Å². The van der Waals surface area contributed by atoms with E-state index in [1.807, 2.05) is 0 Å². The molecule has 1 fully saturated rings. The van der Waals surface area contributed by atoms with Crippen molar-refractivity contribution in [1.29, 1.82) is 0 Å². The van der Waals surface area contributed by atoms with Gasteiger partial charge in [0, 0.05) is 19.3 Å². The molecule has 16 heavy (non-hydrogen) atoms. The molecule has 0 aromatic carbocycles. The molecule has 2 N–H and O–H groups in total. The molecule has 0 aliphatic carbocycles. The van der Waals surface area contributed by atoms with E-state index in [9.17, 15) is 13.2 Å². The summed E-state index contributed by atoms with van der Waals surface area (Å²) in [6, 6.07) is 0. The number of carboxylic acid groups (broad SMARTS) is 1. The molecule has 2 unspecified atom stereocenters. The Labute approximate surface area is 94.9 Å². The first-order chi connectivity index (χ1) is 7.38. The van der Waals surface area contributed by atoms with Gasteiger partial charge in [-0.25, -0.2) is 8.42 Å².